The SMILES string of the molecule is COc1c(Br)cc(Br)cc1/C=C/C(=O)Nc1ccc(N2CCN(C(=O)C(C)(C)C)CC2)cc1. The summed E-state index contributed by atoms with van der Waals surface area (Å²) in [5, 5.41) is 2.89. The number of hydrogen-bond acceptors (Lipinski definition) is 4. The summed E-state index contributed by atoms with van der Waals surface area (Å²) in [7, 11) is 1.59. The molecule has 8 heteroatoms. The number of halogens is 2. The minimum absolute atomic E-state index is 0.195. The second kappa shape index (κ2) is 10.7. The maximum atomic E-state index is 12.5. The van der Waals surface area contributed by atoms with E-state index in [0.29, 0.717) is 18.8 Å². The topological polar surface area (TPSA) is 61.9 Å². The number of nitrogens with zero attached hydrogens (tertiary/aromatic N) is 2. The fourth-order valence-electron chi connectivity index (χ4n) is 3.67. The van der Waals surface area contributed by atoms with Crippen LogP contribution in [-0.2, 0) is 9.59 Å². The van der Waals surface area contributed by atoms with Crippen molar-refractivity contribution in [2.24, 2.45) is 5.41 Å². The van der Waals surface area contributed by atoms with Gasteiger partial charge in [0.25, 0.3) is 0 Å². The molecule has 2 aromatic rings. The smallest absolute Gasteiger partial charge is 0.248 e. The number of anilines is 2. The molecule has 176 valence electrons. The maximum Gasteiger partial charge on any atom is 0.248 e. The zero-order valence-electron chi connectivity index (χ0n) is 19.3. The van der Waals surface area contributed by atoms with Crippen LogP contribution >= 0.6 is 31.9 Å². The third-order valence-electron chi connectivity index (χ3n) is 5.36. The Kier molecular flexibility index (Phi) is 8.23. The first kappa shape index (κ1) is 25.3. The van der Waals surface area contributed by atoms with Gasteiger partial charge in [-0.3, -0.25) is 9.59 Å². The number of rotatable bonds is 5. The predicted octanol–water partition coefficient (Wildman–Crippen LogP) is 5.57. The molecule has 0 radical (unpaired) electrons. The summed E-state index contributed by atoms with van der Waals surface area (Å²) in [5.41, 5.74) is 2.23. The summed E-state index contributed by atoms with van der Waals surface area (Å²) in [4.78, 5) is 29.1. The largest absolute Gasteiger partial charge is 0.495 e. The standard InChI is InChI=1S/C25H29Br2N3O3/c1-25(2,3)24(32)30-13-11-29(12-14-30)20-8-6-19(7-9-20)28-22(31)10-5-17-15-18(26)16-21(27)23(17)33-4/h5-10,15-16H,11-14H2,1-4H3,(H,28,31)/b10-5+. The minimum Gasteiger partial charge on any atom is -0.495 e. The zero-order valence-corrected chi connectivity index (χ0v) is 22.5. The van der Waals surface area contributed by atoms with E-state index in [9.17, 15) is 9.59 Å². The molecule has 1 fully saturated rings. The van der Waals surface area contributed by atoms with Gasteiger partial charge in [0.15, 0.2) is 0 Å². The van der Waals surface area contributed by atoms with Crippen molar-refractivity contribution in [3.05, 3.63) is 57.0 Å². The van der Waals surface area contributed by atoms with Crippen molar-refractivity contribution in [2.75, 3.05) is 43.5 Å². The van der Waals surface area contributed by atoms with Crippen molar-refractivity contribution < 1.29 is 14.3 Å². The van der Waals surface area contributed by atoms with Crippen molar-refractivity contribution in [1.29, 1.82) is 0 Å². The number of methoxy groups -OCH3 is 1. The van der Waals surface area contributed by atoms with Gasteiger partial charge in [0.2, 0.25) is 11.8 Å². The summed E-state index contributed by atoms with van der Waals surface area (Å²) >= 11 is 6.92. The van der Waals surface area contributed by atoms with Gasteiger partial charge in [0.1, 0.15) is 5.75 Å². The van der Waals surface area contributed by atoms with E-state index in [-0.39, 0.29) is 17.2 Å². The molecule has 1 aliphatic heterocycles. The van der Waals surface area contributed by atoms with Crippen LogP contribution in [0.1, 0.15) is 26.3 Å². The first-order valence-corrected chi connectivity index (χ1v) is 12.3. The molecule has 1 aliphatic rings. The highest BCUT2D eigenvalue weighted by molar-refractivity contribution is 9.11. The van der Waals surface area contributed by atoms with E-state index in [4.69, 9.17) is 4.74 Å². The average molecular weight is 579 g/mol. The fraction of sp³-hybridized carbons (Fsp3) is 0.360. The molecule has 2 amide bonds. The van der Waals surface area contributed by atoms with Crippen LogP contribution in [0.2, 0.25) is 0 Å². The van der Waals surface area contributed by atoms with E-state index in [1.54, 1.807) is 13.2 Å². The Hall–Kier alpha value is -2.32. The molecule has 0 bridgehead atoms. The van der Waals surface area contributed by atoms with Gasteiger partial charge in [0.05, 0.1) is 11.6 Å². The average Bonchev–Trinajstić information content (AvgIpc) is 2.77. The molecule has 0 unspecified atom stereocenters. The quantitative estimate of drug-likeness (QED) is 0.471. The Morgan fingerprint density at radius 3 is 2.24 bits per heavy atom. The molecule has 0 saturated carbocycles. The third-order valence-corrected chi connectivity index (χ3v) is 6.41. The fourth-order valence-corrected chi connectivity index (χ4v) is 5.09. The van der Waals surface area contributed by atoms with E-state index in [2.05, 4.69) is 42.1 Å². The molecule has 0 atom stereocenters. The molecular weight excluding hydrogens is 550 g/mol. The first-order valence-electron chi connectivity index (χ1n) is 10.7. The highest BCUT2D eigenvalue weighted by Gasteiger charge is 2.29. The minimum atomic E-state index is -0.352. The predicted molar refractivity (Wildman–Crippen MR) is 141 cm³/mol. The Morgan fingerprint density at radius 1 is 1.03 bits per heavy atom. The van der Waals surface area contributed by atoms with E-state index in [0.717, 1.165) is 39.0 Å². The highest BCUT2D eigenvalue weighted by Crippen LogP contribution is 2.33. The monoisotopic (exact) mass is 577 g/mol. The van der Waals surface area contributed by atoms with Crippen LogP contribution in [0.25, 0.3) is 6.08 Å². The van der Waals surface area contributed by atoms with Crippen LogP contribution in [0.3, 0.4) is 0 Å². The lowest BCUT2D eigenvalue weighted by molar-refractivity contribution is -0.139. The van der Waals surface area contributed by atoms with Gasteiger partial charge in [-0.05, 0) is 58.4 Å². The van der Waals surface area contributed by atoms with Crippen LogP contribution < -0.4 is 15.0 Å². The number of carbonyl (C=O) groups is 2. The number of amides is 2. The molecule has 1 N–H and O–H groups in total. The summed E-state index contributed by atoms with van der Waals surface area (Å²) in [6, 6.07) is 11.6. The van der Waals surface area contributed by atoms with E-state index < -0.39 is 0 Å². The molecule has 1 saturated heterocycles. The number of benzene rings is 2. The summed E-state index contributed by atoms with van der Waals surface area (Å²) in [6.07, 6.45) is 3.20. The van der Waals surface area contributed by atoms with Crippen LogP contribution in [0, 0.1) is 5.41 Å². The Balaban J connectivity index is 1.58. The van der Waals surface area contributed by atoms with Gasteiger partial charge in [-0.15, -0.1) is 0 Å². The number of nitrogens with one attached hydrogen (secondary N) is 1. The van der Waals surface area contributed by atoms with Gasteiger partial charge in [-0.2, -0.15) is 0 Å². The van der Waals surface area contributed by atoms with Crippen LogP contribution in [0.15, 0.2) is 51.4 Å². The highest BCUT2D eigenvalue weighted by atomic mass is 79.9. The number of hydrogen-bond donors (Lipinski definition) is 1. The van der Waals surface area contributed by atoms with Crippen molar-refractivity contribution in [3.63, 3.8) is 0 Å². The van der Waals surface area contributed by atoms with Gasteiger partial charge < -0.3 is 19.9 Å². The van der Waals surface area contributed by atoms with Gasteiger partial charge in [-0.1, -0.05) is 36.7 Å². The maximum absolute atomic E-state index is 12.5. The van der Waals surface area contributed by atoms with Crippen molar-refractivity contribution >= 4 is 61.1 Å². The lowest BCUT2D eigenvalue weighted by Crippen LogP contribution is -2.51. The Bertz CT molecular complexity index is 1040. The number of ether oxygens (including phenoxy) is 1. The molecular formula is C25H29Br2N3O3. The molecule has 6 nitrogen and oxygen atoms in total. The van der Waals surface area contributed by atoms with E-state index in [1.807, 2.05) is 62.1 Å². The number of piperazine rings is 1. The first-order chi connectivity index (χ1) is 15.6. The normalized spacial score (nSPS) is 14.5. The van der Waals surface area contributed by atoms with E-state index in [1.165, 1.54) is 6.08 Å². The van der Waals surface area contributed by atoms with Gasteiger partial charge in [-0.25, -0.2) is 0 Å². The molecule has 0 spiro atoms. The number of carbonyl (C=O) groups excluding carboxylic acids is 2. The van der Waals surface area contributed by atoms with Crippen molar-refractivity contribution in [1.82, 2.24) is 4.90 Å². The molecule has 1 heterocycles. The summed E-state index contributed by atoms with van der Waals surface area (Å²) in [5.74, 6) is 0.632. The van der Waals surface area contributed by atoms with Crippen LogP contribution in [0.4, 0.5) is 11.4 Å². The van der Waals surface area contributed by atoms with Crippen LogP contribution in [0.5, 0.6) is 5.75 Å². The molecule has 33 heavy (non-hydrogen) atoms. The molecule has 0 aliphatic carbocycles. The summed E-state index contributed by atoms with van der Waals surface area (Å²) < 4.78 is 7.10. The molecule has 0 aromatic heterocycles. The van der Waals surface area contributed by atoms with Gasteiger partial charge in [0, 0.05) is 59.1 Å². The second-order valence-electron chi connectivity index (χ2n) is 8.91. The van der Waals surface area contributed by atoms with Crippen molar-refractivity contribution in [2.45, 2.75) is 20.8 Å². The Morgan fingerprint density at radius 2 is 1.67 bits per heavy atom. The van der Waals surface area contributed by atoms with Crippen molar-refractivity contribution in [3.8, 4) is 5.75 Å². The third kappa shape index (κ3) is 6.60. The Labute approximate surface area is 212 Å². The van der Waals surface area contributed by atoms with E-state index >= 15 is 0 Å². The molecule has 2 aromatic carbocycles. The van der Waals surface area contributed by atoms with Gasteiger partial charge >= 0.3 is 0 Å². The lowest BCUT2D eigenvalue weighted by atomic mass is 9.94. The summed E-state index contributed by atoms with van der Waals surface area (Å²) in [6.45, 7) is 8.89. The lowest BCUT2D eigenvalue weighted by Gasteiger charge is -2.38. The second-order valence-corrected chi connectivity index (χ2v) is 10.7. The zero-order chi connectivity index (χ0) is 24.2. The van der Waals surface area contributed by atoms with Crippen LogP contribution in [-0.4, -0.2) is 50.0 Å². The molecule has 3 rings (SSSR count).